The minimum absolute atomic E-state index is 0.147. The van der Waals surface area contributed by atoms with Crippen molar-refractivity contribution < 1.29 is 9.15 Å². The van der Waals surface area contributed by atoms with Crippen LogP contribution in [0.15, 0.2) is 57.7 Å². The molecule has 0 aliphatic rings. The zero-order valence-electron chi connectivity index (χ0n) is 16.1. The third kappa shape index (κ3) is 2.49. The van der Waals surface area contributed by atoms with Crippen LogP contribution in [0, 0.1) is 18.3 Å². The van der Waals surface area contributed by atoms with Crippen LogP contribution in [0.5, 0.6) is 5.75 Å². The molecule has 0 bridgehead atoms. The molecule has 0 saturated carbocycles. The van der Waals surface area contributed by atoms with E-state index in [1.165, 1.54) is 4.52 Å². The highest BCUT2D eigenvalue weighted by atomic mass is 16.5. The van der Waals surface area contributed by atoms with Gasteiger partial charge in [0.2, 0.25) is 5.89 Å². The largest absolute Gasteiger partial charge is 0.494 e. The Labute approximate surface area is 170 Å². The minimum atomic E-state index is -0.401. The summed E-state index contributed by atoms with van der Waals surface area (Å²) in [6.45, 7) is 1.72. The molecule has 3 heterocycles. The number of nitrogens with one attached hydrogen (secondary N) is 1. The standard InChI is InChI=1S/C22H15N5O3/c1-12-17(21-25-19-15(29-2)9-6-10-16(19)30-21)22(28)27-20(24-12)18(14(11-23)26-27)13-7-4-3-5-8-13/h3-10,26H,1-2H3. The molecule has 0 atom stereocenters. The second-order valence-corrected chi connectivity index (χ2v) is 6.70. The summed E-state index contributed by atoms with van der Waals surface area (Å²) in [4.78, 5) is 22.4. The number of nitrogens with zero attached hydrogens (tertiary/aromatic N) is 4. The maximum Gasteiger partial charge on any atom is 0.285 e. The first-order valence-corrected chi connectivity index (χ1v) is 9.17. The zero-order valence-corrected chi connectivity index (χ0v) is 16.1. The molecule has 0 amide bonds. The predicted molar refractivity (Wildman–Crippen MR) is 110 cm³/mol. The molecule has 0 saturated heterocycles. The molecule has 0 unspecified atom stereocenters. The molecule has 5 rings (SSSR count). The van der Waals surface area contributed by atoms with E-state index in [-0.39, 0.29) is 17.1 Å². The molecule has 0 radical (unpaired) electrons. The summed E-state index contributed by atoms with van der Waals surface area (Å²) in [5.41, 5.74) is 3.28. The second kappa shape index (κ2) is 6.60. The summed E-state index contributed by atoms with van der Waals surface area (Å²) < 4.78 is 12.4. The van der Waals surface area contributed by atoms with Gasteiger partial charge < -0.3 is 9.15 Å². The number of hydrogen-bond acceptors (Lipinski definition) is 6. The van der Waals surface area contributed by atoms with E-state index in [1.807, 2.05) is 30.3 Å². The quantitative estimate of drug-likeness (QED) is 0.497. The lowest BCUT2D eigenvalue weighted by Gasteiger charge is -2.03. The summed E-state index contributed by atoms with van der Waals surface area (Å²) >= 11 is 0. The number of fused-ring (bicyclic) bond motifs is 2. The van der Waals surface area contributed by atoms with Crippen LogP contribution in [0.4, 0.5) is 0 Å². The lowest BCUT2D eigenvalue weighted by Crippen LogP contribution is -2.19. The predicted octanol–water partition coefficient (Wildman–Crippen LogP) is 3.69. The van der Waals surface area contributed by atoms with Crippen LogP contribution in [0.3, 0.4) is 0 Å². The number of aromatic amines is 1. The van der Waals surface area contributed by atoms with Crippen molar-refractivity contribution in [2.45, 2.75) is 6.92 Å². The van der Waals surface area contributed by atoms with Crippen molar-refractivity contribution in [2.24, 2.45) is 0 Å². The van der Waals surface area contributed by atoms with Crippen molar-refractivity contribution in [2.75, 3.05) is 7.11 Å². The van der Waals surface area contributed by atoms with Crippen molar-refractivity contribution in [3.63, 3.8) is 0 Å². The number of aryl methyl sites for hydroxylation is 1. The first kappa shape index (κ1) is 17.7. The average molecular weight is 397 g/mol. The Bertz CT molecular complexity index is 1520. The lowest BCUT2D eigenvalue weighted by molar-refractivity contribution is 0.419. The fourth-order valence-electron chi connectivity index (χ4n) is 3.58. The molecular weight excluding hydrogens is 382 g/mol. The molecule has 0 spiro atoms. The number of H-pyrrole nitrogens is 1. The molecule has 146 valence electrons. The van der Waals surface area contributed by atoms with Gasteiger partial charge >= 0.3 is 0 Å². The number of para-hydroxylation sites is 1. The average Bonchev–Trinajstić information content (AvgIpc) is 3.35. The third-order valence-electron chi connectivity index (χ3n) is 4.95. The van der Waals surface area contributed by atoms with E-state index >= 15 is 0 Å². The number of aromatic nitrogens is 4. The number of hydrogen-bond donors (Lipinski definition) is 1. The Kier molecular flexibility index (Phi) is 3.89. The first-order valence-electron chi connectivity index (χ1n) is 9.17. The van der Waals surface area contributed by atoms with Gasteiger partial charge in [-0.3, -0.25) is 9.89 Å². The van der Waals surface area contributed by atoms with Gasteiger partial charge in [0.15, 0.2) is 16.7 Å². The van der Waals surface area contributed by atoms with E-state index in [0.717, 1.165) is 5.56 Å². The summed E-state index contributed by atoms with van der Waals surface area (Å²) in [6, 6.07) is 16.8. The van der Waals surface area contributed by atoms with E-state index in [4.69, 9.17) is 9.15 Å². The highest BCUT2D eigenvalue weighted by Crippen LogP contribution is 2.31. The van der Waals surface area contributed by atoms with Gasteiger partial charge in [0.1, 0.15) is 23.1 Å². The van der Waals surface area contributed by atoms with E-state index < -0.39 is 5.56 Å². The third-order valence-corrected chi connectivity index (χ3v) is 4.95. The Morgan fingerprint density at radius 1 is 1.10 bits per heavy atom. The molecule has 2 aromatic carbocycles. The van der Waals surface area contributed by atoms with Gasteiger partial charge in [-0.2, -0.15) is 9.78 Å². The van der Waals surface area contributed by atoms with E-state index in [9.17, 15) is 10.1 Å². The van der Waals surface area contributed by atoms with Crippen LogP contribution < -0.4 is 10.3 Å². The van der Waals surface area contributed by atoms with E-state index in [1.54, 1.807) is 32.2 Å². The Morgan fingerprint density at radius 2 is 1.90 bits per heavy atom. The number of ether oxygens (including phenoxy) is 1. The van der Waals surface area contributed by atoms with E-state index in [2.05, 4.69) is 21.1 Å². The summed E-state index contributed by atoms with van der Waals surface area (Å²) in [5, 5.41) is 12.5. The molecule has 0 fully saturated rings. The van der Waals surface area contributed by atoms with Crippen LogP contribution >= 0.6 is 0 Å². The van der Waals surface area contributed by atoms with Crippen LogP contribution in [-0.2, 0) is 0 Å². The van der Waals surface area contributed by atoms with Gasteiger partial charge in [-0.25, -0.2) is 9.97 Å². The summed E-state index contributed by atoms with van der Waals surface area (Å²) in [7, 11) is 1.55. The van der Waals surface area contributed by atoms with Crippen molar-refractivity contribution in [1.29, 1.82) is 5.26 Å². The number of oxazole rings is 1. The fourth-order valence-corrected chi connectivity index (χ4v) is 3.58. The van der Waals surface area contributed by atoms with Crippen LogP contribution in [0.25, 0.3) is 39.3 Å². The molecule has 1 N–H and O–H groups in total. The first-order chi connectivity index (χ1) is 14.6. The number of methoxy groups -OCH3 is 1. The molecule has 5 aromatic rings. The molecule has 0 aliphatic heterocycles. The van der Waals surface area contributed by atoms with Crippen molar-refractivity contribution in [3.8, 4) is 34.4 Å². The van der Waals surface area contributed by atoms with Gasteiger partial charge in [-0.05, 0) is 24.6 Å². The van der Waals surface area contributed by atoms with Crippen LogP contribution in [0.1, 0.15) is 11.4 Å². The SMILES string of the molecule is COc1cccc2oc(-c3c(C)nc4c(-c5ccccc5)c(C#N)[nH]n4c3=O)nc12. The van der Waals surface area contributed by atoms with Gasteiger partial charge in [0.05, 0.1) is 18.4 Å². The molecule has 8 nitrogen and oxygen atoms in total. The van der Waals surface area contributed by atoms with Gasteiger partial charge in [0, 0.05) is 0 Å². The number of rotatable bonds is 3. The van der Waals surface area contributed by atoms with Crippen molar-refractivity contribution >= 4 is 16.7 Å². The molecular formula is C22H15N5O3. The van der Waals surface area contributed by atoms with Crippen LogP contribution in [-0.4, -0.2) is 26.7 Å². The molecule has 8 heteroatoms. The lowest BCUT2D eigenvalue weighted by atomic mass is 10.1. The zero-order chi connectivity index (χ0) is 20.8. The fraction of sp³-hybridized carbons (Fsp3) is 0.0909. The Hall–Kier alpha value is -4.38. The monoisotopic (exact) mass is 397 g/mol. The van der Waals surface area contributed by atoms with Gasteiger partial charge in [-0.15, -0.1) is 0 Å². The normalized spacial score (nSPS) is 11.1. The van der Waals surface area contributed by atoms with Crippen molar-refractivity contribution in [3.05, 3.63) is 70.3 Å². The smallest absolute Gasteiger partial charge is 0.285 e. The topological polar surface area (TPSA) is 109 Å². The van der Waals surface area contributed by atoms with Crippen LogP contribution in [0.2, 0.25) is 0 Å². The molecule has 0 aliphatic carbocycles. The molecule has 30 heavy (non-hydrogen) atoms. The maximum absolute atomic E-state index is 13.3. The number of nitriles is 1. The van der Waals surface area contributed by atoms with Crippen molar-refractivity contribution in [1.82, 2.24) is 19.6 Å². The molecule has 3 aromatic heterocycles. The summed E-state index contributed by atoms with van der Waals surface area (Å²) in [5.74, 6) is 0.695. The second-order valence-electron chi connectivity index (χ2n) is 6.70. The highest BCUT2D eigenvalue weighted by Gasteiger charge is 2.23. The summed E-state index contributed by atoms with van der Waals surface area (Å²) in [6.07, 6.45) is 0. The Morgan fingerprint density at radius 3 is 2.63 bits per heavy atom. The maximum atomic E-state index is 13.3. The highest BCUT2D eigenvalue weighted by molar-refractivity contribution is 5.84. The van der Waals surface area contributed by atoms with Gasteiger partial charge in [0.25, 0.3) is 5.56 Å². The minimum Gasteiger partial charge on any atom is -0.494 e. The number of benzene rings is 2. The van der Waals surface area contributed by atoms with Gasteiger partial charge in [-0.1, -0.05) is 36.4 Å². The Balaban J connectivity index is 1.80. The van der Waals surface area contributed by atoms with E-state index in [0.29, 0.717) is 33.8 Å².